The van der Waals surface area contributed by atoms with E-state index in [1.54, 1.807) is 7.11 Å². The normalized spacial score (nSPS) is 33.4. The van der Waals surface area contributed by atoms with Crippen LogP contribution in [0.5, 0.6) is 0 Å². The van der Waals surface area contributed by atoms with E-state index < -0.39 is 0 Å². The average Bonchev–Trinajstić information content (AvgIpc) is 3.17. The highest BCUT2D eigenvalue weighted by molar-refractivity contribution is 5.02. The highest BCUT2D eigenvalue weighted by atomic mass is 16.5. The Balaban J connectivity index is 1.56. The Morgan fingerprint density at radius 3 is 2.76 bits per heavy atom. The van der Waals surface area contributed by atoms with Gasteiger partial charge in [0.25, 0.3) is 0 Å². The standard InChI is InChI=1S/C16H27N3O2/c1-3-4-11-5-7-12(8-6-11)15-18-16(21-19-15)14-9-13(20-2)10-17-14/h11-14,17H,3-10H2,1-2H3. The van der Waals surface area contributed by atoms with Crippen LogP contribution in [0.2, 0.25) is 0 Å². The molecule has 0 bridgehead atoms. The zero-order valence-electron chi connectivity index (χ0n) is 13.2. The van der Waals surface area contributed by atoms with Gasteiger partial charge in [-0.3, -0.25) is 0 Å². The minimum absolute atomic E-state index is 0.160. The first-order valence-electron chi connectivity index (χ1n) is 8.39. The van der Waals surface area contributed by atoms with Crippen LogP contribution in [0.1, 0.15) is 75.5 Å². The van der Waals surface area contributed by atoms with Crippen LogP contribution in [0.4, 0.5) is 0 Å². The average molecular weight is 293 g/mol. The third-order valence-electron chi connectivity index (χ3n) is 5.09. The molecule has 1 aromatic heterocycles. The molecule has 2 unspecified atom stereocenters. The molecule has 1 aliphatic carbocycles. The number of nitrogens with one attached hydrogen (secondary N) is 1. The van der Waals surface area contributed by atoms with Crippen molar-refractivity contribution in [3.8, 4) is 0 Å². The summed E-state index contributed by atoms with van der Waals surface area (Å²) in [5.41, 5.74) is 0. The topological polar surface area (TPSA) is 60.2 Å². The van der Waals surface area contributed by atoms with E-state index in [2.05, 4.69) is 22.4 Å². The maximum atomic E-state index is 5.49. The third kappa shape index (κ3) is 3.46. The minimum Gasteiger partial charge on any atom is -0.380 e. The molecule has 1 saturated carbocycles. The largest absolute Gasteiger partial charge is 0.380 e. The molecule has 1 aromatic rings. The molecule has 0 spiro atoms. The molecular formula is C16H27N3O2. The molecule has 1 saturated heterocycles. The van der Waals surface area contributed by atoms with Crippen molar-refractivity contribution in [3.63, 3.8) is 0 Å². The van der Waals surface area contributed by atoms with Crippen LogP contribution in [-0.4, -0.2) is 29.9 Å². The first-order chi connectivity index (χ1) is 10.3. The van der Waals surface area contributed by atoms with Gasteiger partial charge in [0.2, 0.25) is 5.89 Å². The number of methoxy groups -OCH3 is 1. The molecule has 2 heterocycles. The second-order valence-corrected chi connectivity index (χ2v) is 6.55. The first-order valence-corrected chi connectivity index (χ1v) is 8.39. The molecule has 2 fully saturated rings. The lowest BCUT2D eigenvalue weighted by Crippen LogP contribution is -2.16. The van der Waals surface area contributed by atoms with Crippen LogP contribution in [0.3, 0.4) is 0 Å². The van der Waals surface area contributed by atoms with Crippen LogP contribution >= 0.6 is 0 Å². The predicted molar refractivity (Wildman–Crippen MR) is 80.1 cm³/mol. The van der Waals surface area contributed by atoms with E-state index in [0.29, 0.717) is 5.92 Å². The smallest absolute Gasteiger partial charge is 0.243 e. The quantitative estimate of drug-likeness (QED) is 0.903. The maximum absolute atomic E-state index is 5.49. The molecule has 3 rings (SSSR count). The molecule has 2 atom stereocenters. The van der Waals surface area contributed by atoms with E-state index in [1.807, 2.05) is 0 Å². The molecule has 21 heavy (non-hydrogen) atoms. The van der Waals surface area contributed by atoms with Gasteiger partial charge in [-0.25, -0.2) is 0 Å². The van der Waals surface area contributed by atoms with Gasteiger partial charge in [-0.05, 0) is 38.0 Å². The summed E-state index contributed by atoms with van der Waals surface area (Å²) < 4.78 is 10.9. The number of hydrogen-bond donors (Lipinski definition) is 1. The second kappa shape index (κ2) is 6.88. The zero-order chi connectivity index (χ0) is 14.7. The lowest BCUT2D eigenvalue weighted by molar-refractivity contribution is 0.116. The lowest BCUT2D eigenvalue weighted by Gasteiger charge is -2.26. The van der Waals surface area contributed by atoms with E-state index in [9.17, 15) is 0 Å². The van der Waals surface area contributed by atoms with Crippen LogP contribution in [0, 0.1) is 5.92 Å². The fourth-order valence-corrected chi connectivity index (χ4v) is 3.74. The molecular weight excluding hydrogens is 266 g/mol. The van der Waals surface area contributed by atoms with Crippen molar-refractivity contribution in [1.82, 2.24) is 15.5 Å². The highest BCUT2D eigenvalue weighted by Crippen LogP contribution is 2.37. The maximum Gasteiger partial charge on any atom is 0.243 e. The molecule has 1 N–H and O–H groups in total. The fraction of sp³-hybridized carbons (Fsp3) is 0.875. The summed E-state index contributed by atoms with van der Waals surface area (Å²) in [5.74, 6) is 3.06. The molecule has 118 valence electrons. The van der Waals surface area contributed by atoms with Crippen molar-refractivity contribution >= 4 is 0 Å². The molecule has 0 amide bonds. The van der Waals surface area contributed by atoms with E-state index in [-0.39, 0.29) is 12.1 Å². The summed E-state index contributed by atoms with van der Waals surface area (Å²) in [6.07, 6.45) is 8.90. The zero-order valence-corrected chi connectivity index (χ0v) is 13.2. The third-order valence-corrected chi connectivity index (χ3v) is 5.09. The monoisotopic (exact) mass is 293 g/mol. The summed E-state index contributed by atoms with van der Waals surface area (Å²) in [6.45, 7) is 3.14. The van der Waals surface area contributed by atoms with Gasteiger partial charge in [-0.2, -0.15) is 4.98 Å². The summed E-state index contributed by atoms with van der Waals surface area (Å²) in [6, 6.07) is 0.160. The molecule has 2 aliphatic rings. The number of rotatable bonds is 5. The molecule has 0 aromatic carbocycles. The number of aromatic nitrogens is 2. The van der Waals surface area contributed by atoms with Crippen LogP contribution < -0.4 is 5.32 Å². The molecule has 0 radical (unpaired) electrons. The fourth-order valence-electron chi connectivity index (χ4n) is 3.74. The predicted octanol–water partition coefficient (Wildman–Crippen LogP) is 3.19. The summed E-state index contributed by atoms with van der Waals surface area (Å²) >= 11 is 0. The highest BCUT2D eigenvalue weighted by Gasteiger charge is 2.31. The van der Waals surface area contributed by atoms with E-state index in [1.165, 1.54) is 38.5 Å². The van der Waals surface area contributed by atoms with Crippen molar-refractivity contribution in [3.05, 3.63) is 11.7 Å². The summed E-state index contributed by atoms with van der Waals surface area (Å²) in [4.78, 5) is 4.66. The van der Waals surface area contributed by atoms with Gasteiger partial charge in [0.1, 0.15) is 0 Å². The number of ether oxygens (including phenoxy) is 1. The van der Waals surface area contributed by atoms with Crippen LogP contribution in [0.15, 0.2) is 4.52 Å². The van der Waals surface area contributed by atoms with Gasteiger partial charge >= 0.3 is 0 Å². The van der Waals surface area contributed by atoms with Crippen molar-refractivity contribution < 1.29 is 9.26 Å². The van der Waals surface area contributed by atoms with Crippen molar-refractivity contribution in [2.45, 2.75) is 69.9 Å². The Morgan fingerprint density at radius 1 is 1.29 bits per heavy atom. The molecule has 5 nitrogen and oxygen atoms in total. The second-order valence-electron chi connectivity index (χ2n) is 6.55. The van der Waals surface area contributed by atoms with Crippen molar-refractivity contribution in [2.24, 2.45) is 5.92 Å². The van der Waals surface area contributed by atoms with Gasteiger partial charge in [0.15, 0.2) is 5.82 Å². The summed E-state index contributed by atoms with van der Waals surface area (Å²) in [7, 11) is 1.75. The van der Waals surface area contributed by atoms with E-state index >= 15 is 0 Å². The Kier molecular flexibility index (Phi) is 4.91. The Morgan fingerprint density at radius 2 is 2.10 bits per heavy atom. The van der Waals surface area contributed by atoms with Gasteiger partial charge in [0.05, 0.1) is 12.1 Å². The summed E-state index contributed by atoms with van der Waals surface area (Å²) in [5, 5.41) is 7.63. The van der Waals surface area contributed by atoms with Crippen LogP contribution in [-0.2, 0) is 4.74 Å². The minimum atomic E-state index is 0.160. The molecule has 1 aliphatic heterocycles. The van der Waals surface area contributed by atoms with Gasteiger partial charge in [0, 0.05) is 19.6 Å². The first kappa shape index (κ1) is 15.0. The number of hydrogen-bond acceptors (Lipinski definition) is 5. The van der Waals surface area contributed by atoms with Crippen LogP contribution in [0.25, 0.3) is 0 Å². The van der Waals surface area contributed by atoms with Gasteiger partial charge in [-0.1, -0.05) is 24.9 Å². The Bertz CT molecular complexity index is 440. The Hall–Kier alpha value is -0.940. The Labute approximate surface area is 126 Å². The SMILES string of the molecule is CCCC1CCC(c2noc(C3CC(OC)CN3)n2)CC1. The van der Waals surface area contributed by atoms with E-state index in [0.717, 1.165) is 30.6 Å². The van der Waals surface area contributed by atoms with E-state index in [4.69, 9.17) is 9.26 Å². The lowest BCUT2D eigenvalue weighted by atomic mass is 9.80. The number of nitrogens with zero attached hydrogens (tertiary/aromatic N) is 2. The van der Waals surface area contributed by atoms with Crippen molar-refractivity contribution in [2.75, 3.05) is 13.7 Å². The van der Waals surface area contributed by atoms with Gasteiger partial charge in [-0.15, -0.1) is 0 Å². The van der Waals surface area contributed by atoms with Gasteiger partial charge < -0.3 is 14.6 Å². The molecule has 5 heteroatoms. The van der Waals surface area contributed by atoms with Crippen molar-refractivity contribution in [1.29, 1.82) is 0 Å².